The van der Waals surface area contributed by atoms with Gasteiger partial charge in [-0.15, -0.1) is 5.10 Å². The summed E-state index contributed by atoms with van der Waals surface area (Å²) in [4.78, 5) is 23.7. The summed E-state index contributed by atoms with van der Waals surface area (Å²) in [7, 11) is 2.05. The van der Waals surface area contributed by atoms with Crippen LogP contribution in [-0.2, 0) is 0 Å². The molecule has 0 amide bonds. The molecule has 3 aromatic rings. The van der Waals surface area contributed by atoms with Crippen molar-refractivity contribution < 1.29 is 5.11 Å². The van der Waals surface area contributed by atoms with Crippen molar-refractivity contribution in [2.75, 3.05) is 25.0 Å². The molecule has 1 aliphatic carbocycles. The monoisotopic (exact) mass is 408 g/mol. The average molecular weight is 409 g/mol. The van der Waals surface area contributed by atoms with Gasteiger partial charge in [-0.2, -0.15) is 0 Å². The number of likely N-dealkylation sites (N-methyl/N-ethyl adjacent to an activating group) is 1. The fourth-order valence-electron chi connectivity index (χ4n) is 4.93. The van der Waals surface area contributed by atoms with Gasteiger partial charge in [-0.3, -0.25) is 9.69 Å². The van der Waals surface area contributed by atoms with E-state index in [2.05, 4.69) is 19.8 Å². The van der Waals surface area contributed by atoms with Crippen molar-refractivity contribution in [2.45, 2.75) is 44.4 Å². The summed E-state index contributed by atoms with van der Waals surface area (Å²) in [6, 6.07) is 7.81. The van der Waals surface area contributed by atoms with Crippen LogP contribution in [0, 0.1) is 5.92 Å². The molecule has 5 rings (SSSR count). The van der Waals surface area contributed by atoms with Gasteiger partial charge in [0.1, 0.15) is 12.0 Å². The van der Waals surface area contributed by atoms with Crippen LogP contribution in [-0.4, -0.2) is 62.0 Å². The molecule has 3 aromatic heterocycles. The third-order valence-electron chi connectivity index (χ3n) is 6.74. The van der Waals surface area contributed by atoms with Gasteiger partial charge in [-0.05, 0) is 56.5 Å². The fraction of sp³-hybridized carbons (Fsp3) is 0.500. The quantitative estimate of drug-likeness (QED) is 0.629. The van der Waals surface area contributed by atoms with Crippen LogP contribution in [0.2, 0.25) is 0 Å². The van der Waals surface area contributed by atoms with Crippen LogP contribution < -0.4 is 10.5 Å². The van der Waals surface area contributed by atoms with E-state index in [-0.39, 0.29) is 11.8 Å². The Morgan fingerprint density at radius 2 is 2.07 bits per heavy atom. The van der Waals surface area contributed by atoms with Crippen LogP contribution in [0.4, 0.5) is 5.82 Å². The summed E-state index contributed by atoms with van der Waals surface area (Å²) < 4.78 is 1.74. The maximum absolute atomic E-state index is 12.2. The SMILES string of the molecule is CN(C1CCN(c2ccc3ncc(-c4ccc[nH]c4=O)n3n2)C1)C(O)C1CCCC1. The number of nitrogens with zero attached hydrogens (tertiary/aromatic N) is 5. The lowest BCUT2D eigenvalue weighted by Crippen LogP contribution is -2.45. The van der Waals surface area contributed by atoms with Gasteiger partial charge >= 0.3 is 0 Å². The summed E-state index contributed by atoms with van der Waals surface area (Å²) in [5.74, 6) is 1.26. The number of rotatable bonds is 5. The van der Waals surface area contributed by atoms with E-state index in [9.17, 15) is 9.90 Å². The Balaban J connectivity index is 1.37. The first kappa shape index (κ1) is 19.3. The van der Waals surface area contributed by atoms with E-state index < -0.39 is 0 Å². The number of aromatic nitrogens is 4. The number of H-pyrrole nitrogens is 1. The van der Waals surface area contributed by atoms with E-state index in [1.807, 2.05) is 19.2 Å². The molecule has 1 aliphatic heterocycles. The Labute approximate surface area is 175 Å². The molecule has 1 saturated carbocycles. The summed E-state index contributed by atoms with van der Waals surface area (Å²) in [5.41, 5.74) is 1.78. The molecule has 2 fully saturated rings. The highest BCUT2D eigenvalue weighted by Crippen LogP contribution is 2.31. The van der Waals surface area contributed by atoms with Gasteiger partial charge in [0.25, 0.3) is 5.56 Å². The van der Waals surface area contributed by atoms with Crippen LogP contribution in [0.1, 0.15) is 32.1 Å². The van der Waals surface area contributed by atoms with Crippen molar-refractivity contribution in [3.05, 3.63) is 47.0 Å². The lowest BCUT2D eigenvalue weighted by Gasteiger charge is -2.33. The number of imidazole rings is 1. The molecule has 2 aliphatic rings. The van der Waals surface area contributed by atoms with Crippen LogP contribution in [0.5, 0.6) is 0 Å². The molecule has 8 nitrogen and oxygen atoms in total. The third-order valence-corrected chi connectivity index (χ3v) is 6.74. The summed E-state index contributed by atoms with van der Waals surface area (Å²) >= 11 is 0. The van der Waals surface area contributed by atoms with Gasteiger partial charge in [0.2, 0.25) is 0 Å². The first-order chi connectivity index (χ1) is 14.6. The highest BCUT2D eigenvalue weighted by molar-refractivity contribution is 5.62. The lowest BCUT2D eigenvalue weighted by atomic mass is 10.0. The molecule has 30 heavy (non-hydrogen) atoms. The number of fused-ring (bicyclic) bond motifs is 1. The molecule has 0 aromatic carbocycles. The van der Waals surface area contributed by atoms with Crippen LogP contribution in [0.25, 0.3) is 16.9 Å². The second kappa shape index (κ2) is 7.85. The second-order valence-electron chi connectivity index (χ2n) is 8.53. The minimum atomic E-state index is -0.363. The smallest absolute Gasteiger partial charge is 0.257 e. The Kier molecular flexibility index (Phi) is 5.04. The molecule has 158 valence electrons. The minimum absolute atomic E-state index is 0.157. The number of anilines is 1. The number of aromatic amines is 1. The second-order valence-corrected chi connectivity index (χ2v) is 8.53. The van der Waals surface area contributed by atoms with E-state index in [4.69, 9.17) is 5.10 Å². The van der Waals surface area contributed by atoms with Crippen molar-refractivity contribution in [2.24, 2.45) is 5.92 Å². The number of aliphatic hydroxyl groups is 1. The van der Waals surface area contributed by atoms with Gasteiger partial charge in [-0.1, -0.05) is 12.8 Å². The predicted molar refractivity (Wildman–Crippen MR) is 115 cm³/mol. The number of aliphatic hydroxyl groups excluding tert-OH is 1. The van der Waals surface area contributed by atoms with Crippen molar-refractivity contribution in [3.63, 3.8) is 0 Å². The van der Waals surface area contributed by atoms with Crippen molar-refractivity contribution in [3.8, 4) is 11.3 Å². The predicted octanol–water partition coefficient (Wildman–Crippen LogP) is 2.10. The first-order valence-electron chi connectivity index (χ1n) is 10.8. The Morgan fingerprint density at radius 3 is 2.87 bits per heavy atom. The van der Waals surface area contributed by atoms with Crippen molar-refractivity contribution in [1.82, 2.24) is 24.5 Å². The minimum Gasteiger partial charge on any atom is -0.378 e. The van der Waals surface area contributed by atoms with E-state index in [1.165, 1.54) is 12.8 Å². The standard InChI is InChI=1S/C22H28N6O2/c1-26(22(30)15-5-2-3-6-15)16-10-12-27(14-16)20-9-8-19-24-13-18(28(19)25-20)17-7-4-11-23-21(17)29/h4,7-9,11,13,15-16,22,30H,2-3,5-6,10,12,14H2,1H3,(H,23,29). The molecule has 2 atom stereocenters. The maximum atomic E-state index is 12.2. The Hall–Kier alpha value is -2.71. The highest BCUT2D eigenvalue weighted by atomic mass is 16.3. The number of nitrogens with one attached hydrogen (secondary N) is 1. The van der Waals surface area contributed by atoms with E-state index in [1.54, 1.807) is 29.0 Å². The molecule has 8 heteroatoms. The molecular formula is C22H28N6O2. The van der Waals surface area contributed by atoms with E-state index in [0.29, 0.717) is 28.9 Å². The van der Waals surface area contributed by atoms with Gasteiger partial charge in [0, 0.05) is 25.3 Å². The topological polar surface area (TPSA) is 89.8 Å². The van der Waals surface area contributed by atoms with Gasteiger partial charge in [0.15, 0.2) is 5.65 Å². The highest BCUT2D eigenvalue weighted by Gasteiger charge is 2.34. The average Bonchev–Trinajstić information content (AvgIpc) is 3.53. The van der Waals surface area contributed by atoms with Crippen LogP contribution in [0.3, 0.4) is 0 Å². The van der Waals surface area contributed by atoms with E-state index in [0.717, 1.165) is 38.2 Å². The Morgan fingerprint density at radius 1 is 1.23 bits per heavy atom. The zero-order valence-corrected chi connectivity index (χ0v) is 17.2. The fourth-order valence-corrected chi connectivity index (χ4v) is 4.93. The number of hydrogen-bond acceptors (Lipinski definition) is 6. The van der Waals surface area contributed by atoms with Gasteiger partial charge < -0.3 is 15.0 Å². The summed E-state index contributed by atoms with van der Waals surface area (Å²) in [6.45, 7) is 1.72. The molecule has 0 radical (unpaired) electrons. The van der Waals surface area contributed by atoms with Crippen molar-refractivity contribution >= 4 is 11.5 Å². The lowest BCUT2D eigenvalue weighted by molar-refractivity contribution is -0.0417. The molecular weight excluding hydrogens is 380 g/mol. The van der Waals surface area contributed by atoms with Gasteiger partial charge in [-0.25, -0.2) is 9.50 Å². The van der Waals surface area contributed by atoms with Crippen molar-refractivity contribution in [1.29, 1.82) is 0 Å². The molecule has 4 heterocycles. The maximum Gasteiger partial charge on any atom is 0.257 e. The first-order valence-corrected chi connectivity index (χ1v) is 10.8. The zero-order valence-electron chi connectivity index (χ0n) is 17.2. The molecule has 1 saturated heterocycles. The molecule has 2 unspecified atom stereocenters. The normalized spacial score (nSPS) is 21.2. The molecule has 0 spiro atoms. The number of pyridine rings is 1. The molecule has 2 N–H and O–H groups in total. The molecule has 0 bridgehead atoms. The number of hydrogen-bond donors (Lipinski definition) is 2. The van der Waals surface area contributed by atoms with Crippen LogP contribution >= 0.6 is 0 Å². The van der Waals surface area contributed by atoms with Crippen LogP contribution in [0.15, 0.2) is 41.5 Å². The summed E-state index contributed by atoms with van der Waals surface area (Å²) in [5, 5.41) is 15.6. The van der Waals surface area contributed by atoms with Gasteiger partial charge in [0.05, 0.1) is 17.5 Å². The van der Waals surface area contributed by atoms with E-state index >= 15 is 0 Å². The Bertz CT molecular complexity index is 1090. The summed E-state index contributed by atoms with van der Waals surface area (Å²) in [6.07, 6.45) is 8.66. The largest absolute Gasteiger partial charge is 0.378 e. The zero-order chi connectivity index (χ0) is 20.7. The third kappa shape index (κ3) is 3.40.